The Bertz CT molecular complexity index is 762. The van der Waals surface area contributed by atoms with E-state index in [9.17, 15) is 4.79 Å². The maximum atomic E-state index is 11.5. The molecule has 0 fully saturated rings. The van der Waals surface area contributed by atoms with Gasteiger partial charge in [0.15, 0.2) is 11.5 Å². The molecule has 0 saturated carbocycles. The van der Waals surface area contributed by atoms with Gasteiger partial charge in [0.1, 0.15) is 18.1 Å². The fourth-order valence-corrected chi connectivity index (χ4v) is 2.51. The molecule has 7 heteroatoms. The van der Waals surface area contributed by atoms with Crippen molar-refractivity contribution in [3.63, 3.8) is 0 Å². The number of hydrogen-bond donors (Lipinski definition) is 1. The second-order valence-corrected chi connectivity index (χ2v) is 5.23. The topological polar surface area (TPSA) is 80.0 Å². The van der Waals surface area contributed by atoms with Crippen molar-refractivity contribution in [2.75, 3.05) is 13.9 Å². The zero-order chi connectivity index (χ0) is 16.4. The van der Waals surface area contributed by atoms with Crippen LogP contribution in [0.3, 0.4) is 0 Å². The summed E-state index contributed by atoms with van der Waals surface area (Å²) in [7, 11) is 1.53. The fraction of sp³-hybridized carbons (Fsp3) is 0.188. The average molecular weight is 336 g/mol. The second kappa shape index (κ2) is 6.26. The summed E-state index contributed by atoms with van der Waals surface area (Å²) in [6, 6.07) is 8.31. The number of carbonyl (C=O) groups is 1. The fourth-order valence-electron chi connectivity index (χ4n) is 2.22. The predicted octanol–water partition coefficient (Wildman–Crippen LogP) is 2.76. The SMILES string of the molecule is COc1ccc(C(N)=O)c(OCc2cc(Cl)c3c(c2)OCO3)c1. The number of rotatable bonds is 5. The molecule has 2 aromatic carbocycles. The van der Waals surface area contributed by atoms with Gasteiger partial charge in [-0.25, -0.2) is 0 Å². The quantitative estimate of drug-likeness (QED) is 0.908. The summed E-state index contributed by atoms with van der Waals surface area (Å²) >= 11 is 6.13. The first-order valence-electron chi connectivity index (χ1n) is 6.77. The van der Waals surface area contributed by atoms with Crippen LogP contribution in [0.5, 0.6) is 23.0 Å². The Kier molecular flexibility index (Phi) is 4.16. The number of nitrogens with two attached hydrogens (primary N) is 1. The van der Waals surface area contributed by atoms with E-state index >= 15 is 0 Å². The number of ether oxygens (including phenoxy) is 4. The number of halogens is 1. The third-order valence-corrected chi connectivity index (χ3v) is 3.62. The van der Waals surface area contributed by atoms with E-state index in [1.807, 2.05) is 0 Å². The number of amides is 1. The van der Waals surface area contributed by atoms with E-state index in [2.05, 4.69) is 0 Å². The van der Waals surface area contributed by atoms with Gasteiger partial charge in [-0.2, -0.15) is 0 Å². The zero-order valence-corrected chi connectivity index (χ0v) is 13.1. The first kappa shape index (κ1) is 15.3. The maximum absolute atomic E-state index is 11.5. The molecule has 0 radical (unpaired) electrons. The molecule has 0 unspecified atom stereocenters. The van der Waals surface area contributed by atoms with Gasteiger partial charge in [-0.3, -0.25) is 4.79 Å². The summed E-state index contributed by atoms with van der Waals surface area (Å²) in [5.41, 5.74) is 6.41. The first-order chi connectivity index (χ1) is 11.1. The lowest BCUT2D eigenvalue weighted by Crippen LogP contribution is -2.13. The van der Waals surface area contributed by atoms with Crippen LogP contribution in [0.1, 0.15) is 15.9 Å². The summed E-state index contributed by atoms with van der Waals surface area (Å²) in [6.45, 7) is 0.324. The number of hydrogen-bond acceptors (Lipinski definition) is 5. The van der Waals surface area contributed by atoms with Crippen LogP contribution in [0.4, 0.5) is 0 Å². The normalized spacial score (nSPS) is 12.1. The highest BCUT2D eigenvalue weighted by Gasteiger charge is 2.19. The van der Waals surface area contributed by atoms with E-state index in [4.69, 9.17) is 36.3 Å². The second-order valence-electron chi connectivity index (χ2n) is 4.83. The van der Waals surface area contributed by atoms with Crippen molar-refractivity contribution < 1.29 is 23.7 Å². The highest BCUT2D eigenvalue weighted by molar-refractivity contribution is 6.32. The molecule has 0 saturated heterocycles. The minimum Gasteiger partial charge on any atom is -0.497 e. The molecule has 0 atom stereocenters. The summed E-state index contributed by atoms with van der Waals surface area (Å²) in [6.07, 6.45) is 0. The van der Waals surface area contributed by atoms with Gasteiger partial charge in [-0.15, -0.1) is 0 Å². The lowest BCUT2D eigenvalue weighted by molar-refractivity contribution is 0.0996. The minimum atomic E-state index is -0.577. The molecule has 0 aliphatic carbocycles. The Balaban J connectivity index is 1.83. The monoisotopic (exact) mass is 335 g/mol. The van der Waals surface area contributed by atoms with Gasteiger partial charge in [-0.1, -0.05) is 11.6 Å². The molecule has 3 rings (SSSR count). The molecule has 0 aromatic heterocycles. The number of methoxy groups -OCH3 is 1. The Morgan fingerprint density at radius 3 is 2.87 bits per heavy atom. The van der Waals surface area contributed by atoms with E-state index in [1.54, 1.807) is 30.3 Å². The molecule has 0 spiro atoms. The average Bonchev–Trinajstić information content (AvgIpc) is 3.01. The third-order valence-electron chi connectivity index (χ3n) is 3.34. The molecule has 1 amide bonds. The first-order valence-corrected chi connectivity index (χ1v) is 7.15. The Morgan fingerprint density at radius 2 is 2.13 bits per heavy atom. The van der Waals surface area contributed by atoms with E-state index in [-0.39, 0.29) is 19.0 Å². The smallest absolute Gasteiger partial charge is 0.252 e. The van der Waals surface area contributed by atoms with Crippen molar-refractivity contribution in [2.24, 2.45) is 5.73 Å². The molecule has 2 aromatic rings. The molecule has 23 heavy (non-hydrogen) atoms. The number of carbonyl (C=O) groups excluding carboxylic acids is 1. The summed E-state index contributed by atoms with van der Waals surface area (Å²) in [5.74, 6) is 1.41. The summed E-state index contributed by atoms with van der Waals surface area (Å²) in [4.78, 5) is 11.5. The molecule has 1 aliphatic rings. The lowest BCUT2D eigenvalue weighted by Gasteiger charge is -2.12. The van der Waals surface area contributed by atoms with Gasteiger partial charge in [0.2, 0.25) is 6.79 Å². The van der Waals surface area contributed by atoms with Crippen LogP contribution in [0.2, 0.25) is 5.02 Å². The number of primary amides is 1. The van der Waals surface area contributed by atoms with Gasteiger partial charge in [-0.05, 0) is 29.8 Å². The lowest BCUT2D eigenvalue weighted by atomic mass is 10.1. The van der Waals surface area contributed by atoms with Gasteiger partial charge in [0.25, 0.3) is 5.91 Å². The zero-order valence-electron chi connectivity index (χ0n) is 12.3. The third kappa shape index (κ3) is 3.12. The van der Waals surface area contributed by atoms with Crippen molar-refractivity contribution in [1.29, 1.82) is 0 Å². The molecule has 6 nitrogen and oxygen atoms in total. The maximum Gasteiger partial charge on any atom is 0.252 e. The van der Waals surface area contributed by atoms with Crippen LogP contribution in [0.25, 0.3) is 0 Å². The van der Waals surface area contributed by atoms with Crippen molar-refractivity contribution in [3.05, 3.63) is 46.5 Å². The summed E-state index contributed by atoms with van der Waals surface area (Å²) in [5, 5.41) is 0.444. The van der Waals surface area contributed by atoms with Gasteiger partial charge in [0.05, 0.1) is 17.7 Å². The van der Waals surface area contributed by atoms with Crippen molar-refractivity contribution in [2.45, 2.75) is 6.61 Å². The highest BCUT2D eigenvalue weighted by Crippen LogP contribution is 2.40. The van der Waals surface area contributed by atoms with Gasteiger partial charge in [0, 0.05) is 6.07 Å². The van der Waals surface area contributed by atoms with Crippen LogP contribution in [0, 0.1) is 0 Å². The van der Waals surface area contributed by atoms with Crippen LogP contribution in [0.15, 0.2) is 30.3 Å². The molecule has 1 aliphatic heterocycles. The molecule has 0 bridgehead atoms. The highest BCUT2D eigenvalue weighted by atomic mass is 35.5. The van der Waals surface area contributed by atoms with E-state index < -0.39 is 5.91 Å². The van der Waals surface area contributed by atoms with Crippen LogP contribution in [-0.4, -0.2) is 19.8 Å². The predicted molar refractivity (Wildman–Crippen MR) is 83.4 cm³/mol. The largest absolute Gasteiger partial charge is 0.497 e. The number of benzene rings is 2. The number of fused-ring (bicyclic) bond motifs is 1. The van der Waals surface area contributed by atoms with Crippen molar-refractivity contribution in [3.8, 4) is 23.0 Å². The van der Waals surface area contributed by atoms with Crippen molar-refractivity contribution in [1.82, 2.24) is 0 Å². The van der Waals surface area contributed by atoms with Crippen LogP contribution >= 0.6 is 11.6 Å². The molecule has 1 heterocycles. The molecular formula is C16H14ClNO5. The van der Waals surface area contributed by atoms with Crippen LogP contribution in [-0.2, 0) is 6.61 Å². The van der Waals surface area contributed by atoms with Gasteiger partial charge >= 0.3 is 0 Å². The van der Waals surface area contributed by atoms with E-state index in [0.717, 1.165) is 5.56 Å². The molecule has 120 valence electrons. The summed E-state index contributed by atoms with van der Waals surface area (Å²) < 4.78 is 21.4. The van der Waals surface area contributed by atoms with Crippen molar-refractivity contribution >= 4 is 17.5 Å². The van der Waals surface area contributed by atoms with Crippen LogP contribution < -0.4 is 24.7 Å². The van der Waals surface area contributed by atoms with E-state index in [0.29, 0.717) is 28.0 Å². The Hall–Kier alpha value is -2.60. The molecular weight excluding hydrogens is 322 g/mol. The minimum absolute atomic E-state index is 0.140. The Morgan fingerprint density at radius 1 is 1.30 bits per heavy atom. The standard InChI is InChI=1S/C16H14ClNO5/c1-20-10-2-3-11(16(18)19)13(6-10)21-7-9-4-12(17)15-14(5-9)22-8-23-15/h2-6H,7-8H2,1H3,(H2,18,19). The van der Waals surface area contributed by atoms with Gasteiger partial charge < -0.3 is 24.7 Å². The Labute approximate surface area is 137 Å². The molecule has 2 N–H and O–H groups in total. The van der Waals surface area contributed by atoms with E-state index in [1.165, 1.54) is 7.11 Å².